The van der Waals surface area contributed by atoms with Crippen LogP contribution in [0.4, 0.5) is 0 Å². The molecule has 0 saturated carbocycles. The van der Waals surface area contributed by atoms with Crippen molar-refractivity contribution < 1.29 is 19.3 Å². The molecular formula is C21H18N4O4. The van der Waals surface area contributed by atoms with Crippen LogP contribution in [0.3, 0.4) is 0 Å². The van der Waals surface area contributed by atoms with E-state index in [1.807, 2.05) is 12.1 Å². The molecule has 0 bridgehead atoms. The Kier molecular flexibility index (Phi) is 4.49. The van der Waals surface area contributed by atoms with Gasteiger partial charge in [0.2, 0.25) is 11.8 Å². The third-order valence-electron chi connectivity index (χ3n) is 4.81. The lowest BCUT2D eigenvalue weighted by Crippen LogP contribution is -2.20. The molecule has 29 heavy (non-hydrogen) atoms. The SMILES string of the molecule is COc1ccc(-c2[nH]nc3c2[C@H](c2cccc(O)c2)C(C#N)=C(N)O3)cc1OC. The number of aromatic hydroxyl groups is 1. The van der Waals surface area contributed by atoms with Gasteiger partial charge in [0.1, 0.15) is 17.4 Å². The van der Waals surface area contributed by atoms with Crippen LogP contribution in [-0.2, 0) is 0 Å². The summed E-state index contributed by atoms with van der Waals surface area (Å²) in [6, 6.07) is 14.3. The Hall–Kier alpha value is -4.12. The van der Waals surface area contributed by atoms with Crippen molar-refractivity contribution in [2.75, 3.05) is 14.2 Å². The number of benzene rings is 2. The molecule has 0 saturated heterocycles. The number of H-pyrrole nitrogens is 1. The van der Waals surface area contributed by atoms with Gasteiger partial charge in [-0.3, -0.25) is 5.10 Å². The number of hydrogen-bond acceptors (Lipinski definition) is 7. The smallest absolute Gasteiger partial charge is 0.244 e. The number of nitrogens with zero attached hydrogens (tertiary/aromatic N) is 2. The molecule has 4 N–H and O–H groups in total. The van der Waals surface area contributed by atoms with Crippen LogP contribution in [0.2, 0.25) is 0 Å². The van der Waals surface area contributed by atoms with Gasteiger partial charge in [-0.05, 0) is 35.9 Å². The zero-order valence-electron chi connectivity index (χ0n) is 15.8. The third kappa shape index (κ3) is 2.99. The molecule has 0 radical (unpaired) electrons. The van der Waals surface area contributed by atoms with Gasteiger partial charge in [0.15, 0.2) is 11.5 Å². The highest BCUT2D eigenvalue weighted by Gasteiger charge is 2.35. The number of fused-ring (bicyclic) bond motifs is 1. The number of phenols is 1. The van der Waals surface area contributed by atoms with E-state index in [0.717, 1.165) is 5.56 Å². The first kappa shape index (κ1) is 18.3. The number of nitrogens with one attached hydrogen (secondary N) is 1. The summed E-state index contributed by atoms with van der Waals surface area (Å²) in [4.78, 5) is 0. The van der Waals surface area contributed by atoms with E-state index in [2.05, 4.69) is 16.3 Å². The van der Waals surface area contributed by atoms with Crippen molar-refractivity contribution in [2.24, 2.45) is 5.73 Å². The maximum absolute atomic E-state index is 9.96. The standard InChI is InChI=1S/C21H18N4O4/c1-27-15-7-6-12(9-16(15)28-2)19-18-17(11-4-3-5-13(26)8-11)14(10-22)20(23)29-21(18)25-24-19/h3-9,17,26H,23H2,1-2H3,(H,24,25)/t17-/m1/s1. The average Bonchev–Trinajstić information content (AvgIpc) is 3.15. The second kappa shape index (κ2) is 7.13. The van der Waals surface area contributed by atoms with E-state index in [4.69, 9.17) is 19.9 Å². The quantitative estimate of drug-likeness (QED) is 0.625. The number of hydrogen-bond donors (Lipinski definition) is 3. The summed E-state index contributed by atoms with van der Waals surface area (Å²) >= 11 is 0. The van der Waals surface area contributed by atoms with Gasteiger partial charge in [-0.15, -0.1) is 5.10 Å². The Morgan fingerprint density at radius 1 is 1.17 bits per heavy atom. The van der Waals surface area contributed by atoms with Crippen LogP contribution in [-0.4, -0.2) is 29.5 Å². The molecule has 1 atom stereocenters. The summed E-state index contributed by atoms with van der Waals surface area (Å²) in [5.74, 6) is 0.931. The van der Waals surface area contributed by atoms with Gasteiger partial charge in [0.05, 0.1) is 31.4 Å². The third-order valence-corrected chi connectivity index (χ3v) is 4.81. The van der Waals surface area contributed by atoms with Crippen molar-refractivity contribution in [1.29, 1.82) is 5.26 Å². The fourth-order valence-corrected chi connectivity index (χ4v) is 3.49. The second-order valence-electron chi connectivity index (χ2n) is 6.41. The molecule has 0 amide bonds. The molecule has 1 aliphatic rings. The second-order valence-corrected chi connectivity index (χ2v) is 6.41. The van der Waals surface area contributed by atoms with Crippen LogP contribution in [0.1, 0.15) is 17.0 Å². The minimum Gasteiger partial charge on any atom is -0.508 e. The highest BCUT2D eigenvalue weighted by atomic mass is 16.5. The first-order valence-corrected chi connectivity index (χ1v) is 8.74. The van der Waals surface area contributed by atoms with Gasteiger partial charge in [-0.2, -0.15) is 5.26 Å². The molecule has 8 nitrogen and oxygen atoms in total. The molecule has 8 heteroatoms. The van der Waals surface area contributed by atoms with Gasteiger partial charge >= 0.3 is 0 Å². The van der Waals surface area contributed by atoms with Gasteiger partial charge in [0.25, 0.3) is 0 Å². The lowest BCUT2D eigenvalue weighted by molar-refractivity contribution is 0.355. The zero-order chi connectivity index (χ0) is 20.5. The normalized spacial score (nSPS) is 15.3. The van der Waals surface area contributed by atoms with E-state index >= 15 is 0 Å². The highest BCUT2D eigenvalue weighted by molar-refractivity contribution is 5.73. The number of aromatic nitrogens is 2. The van der Waals surface area contributed by atoms with E-state index in [1.165, 1.54) is 0 Å². The van der Waals surface area contributed by atoms with Crippen molar-refractivity contribution in [3.8, 4) is 40.5 Å². The number of allylic oxidation sites excluding steroid dienone is 1. The van der Waals surface area contributed by atoms with Crippen molar-refractivity contribution in [1.82, 2.24) is 10.2 Å². The topological polar surface area (TPSA) is 126 Å². The molecule has 3 aromatic rings. The fraction of sp³-hybridized carbons (Fsp3) is 0.143. The van der Waals surface area contributed by atoms with Crippen LogP contribution in [0.25, 0.3) is 11.3 Å². The van der Waals surface area contributed by atoms with Crippen LogP contribution in [0.15, 0.2) is 53.9 Å². The van der Waals surface area contributed by atoms with E-state index in [1.54, 1.807) is 44.6 Å². The Balaban J connectivity index is 1.93. The summed E-state index contributed by atoms with van der Waals surface area (Å²) in [5.41, 5.74) is 8.98. The van der Waals surface area contributed by atoms with Crippen molar-refractivity contribution in [3.05, 3.63) is 65.0 Å². The lowest BCUT2D eigenvalue weighted by atomic mass is 9.83. The Bertz CT molecular complexity index is 1160. The fourth-order valence-electron chi connectivity index (χ4n) is 3.49. The number of phenolic OH excluding ortho intramolecular Hbond substituents is 1. The van der Waals surface area contributed by atoms with Crippen LogP contribution < -0.4 is 19.9 Å². The van der Waals surface area contributed by atoms with Crippen LogP contribution >= 0.6 is 0 Å². The predicted octanol–water partition coefficient (Wildman–Crippen LogP) is 3.02. The largest absolute Gasteiger partial charge is 0.508 e. The Labute approximate surface area is 166 Å². The maximum atomic E-state index is 9.96. The van der Waals surface area contributed by atoms with Gasteiger partial charge in [-0.1, -0.05) is 12.1 Å². The predicted molar refractivity (Wildman–Crippen MR) is 105 cm³/mol. The van der Waals surface area contributed by atoms with Gasteiger partial charge in [0, 0.05) is 5.56 Å². The number of nitrogens with two attached hydrogens (primary N) is 1. The van der Waals surface area contributed by atoms with Gasteiger partial charge < -0.3 is 25.1 Å². The average molecular weight is 390 g/mol. The number of methoxy groups -OCH3 is 2. The molecule has 0 unspecified atom stereocenters. The monoisotopic (exact) mass is 390 g/mol. The molecule has 0 fully saturated rings. The van der Waals surface area contributed by atoms with E-state index in [9.17, 15) is 10.4 Å². The minimum atomic E-state index is -0.558. The highest BCUT2D eigenvalue weighted by Crippen LogP contribution is 2.46. The summed E-state index contributed by atoms with van der Waals surface area (Å²) in [6.07, 6.45) is 0. The summed E-state index contributed by atoms with van der Waals surface area (Å²) < 4.78 is 16.3. The lowest BCUT2D eigenvalue weighted by Gasteiger charge is -2.24. The van der Waals surface area contributed by atoms with Crippen molar-refractivity contribution >= 4 is 0 Å². The molecule has 1 aliphatic heterocycles. The number of aromatic amines is 1. The summed E-state index contributed by atoms with van der Waals surface area (Å²) in [7, 11) is 3.12. The van der Waals surface area contributed by atoms with Crippen molar-refractivity contribution in [2.45, 2.75) is 5.92 Å². The van der Waals surface area contributed by atoms with Gasteiger partial charge in [-0.25, -0.2) is 0 Å². The Morgan fingerprint density at radius 3 is 2.66 bits per heavy atom. The van der Waals surface area contributed by atoms with Crippen LogP contribution in [0.5, 0.6) is 23.1 Å². The summed E-state index contributed by atoms with van der Waals surface area (Å²) in [6.45, 7) is 0. The minimum absolute atomic E-state index is 0.0151. The molecule has 4 rings (SSSR count). The molecule has 2 heterocycles. The number of rotatable bonds is 4. The number of ether oxygens (including phenoxy) is 3. The van der Waals surface area contributed by atoms with Crippen LogP contribution in [0, 0.1) is 11.3 Å². The van der Waals surface area contributed by atoms with E-state index in [0.29, 0.717) is 28.3 Å². The Morgan fingerprint density at radius 2 is 1.97 bits per heavy atom. The molecular weight excluding hydrogens is 372 g/mol. The molecule has 0 aliphatic carbocycles. The first-order valence-electron chi connectivity index (χ1n) is 8.74. The van der Waals surface area contributed by atoms with E-state index < -0.39 is 5.92 Å². The summed E-state index contributed by atoms with van der Waals surface area (Å²) in [5, 5.41) is 26.9. The molecule has 2 aromatic carbocycles. The number of nitriles is 1. The van der Waals surface area contributed by atoms with E-state index in [-0.39, 0.29) is 23.1 Å². The molecule has 1 aromatic heterocycles. The first-order chi connectivity index (χ1) is 14.1. The zero-order valence-corrected chi connectivity index (χ0v) is 15.8. The molecule has 146 valence electrons. The maximum Gasteiger partial charge on any atom is 0.244 e. The molecule has 0 spiro atoms. The van der Waals surface area contributed by atoms with Crippen molar-refractivity contribution in [3.63, 3.8) is 0 Å².